The van der Waals surface area contributed by atoms with Gasteiger partial charge in [-0.25, -0.2) is 4.98 Å². The van der Waals surface area contributed by atoms with Gasteiger partial charge in [0.2, 0.25) is 0 Å². The maximum Gasteiger partial charge on any atom is 0.139 e. The van der Waals surface area contributed by atoms with Crippen LogP contribution in [0.2, 0.25) is 0 Å². The van der Waals surface area contributed by atoms with Gasteiger partial charge in [0.1, 0.15) is 17.3 Å². The van der Waals surface area contributed by atoms with Gasteiger partial charge in [0.15, 0.2) is 0 Å². The molecule has 190 valence electrons. The van der Waals surface area contributed by atoms with E-state index in [0.29, 0.717) is 0 Å². The van der Waals surface area contributed by atoms with Crippen molar-refractivity contribution in [1.29, 1.82) is 0 Å². The van der Waals surface area contributed by atoms with Crippen molar-refractivity contribution in [2.24, 2.45) is 0 Å². The Labute approximate surface area is 238 Å². The van der Waals surface area contributed by atoms with E-state index in [4.69, 9.17) is 9.72 Å². The average Bonchev–Trinajstić information content (AvgIpc) is 3.49. The van der Waals surface area contributed by atoms with E-state index in [9.17, 15) is 0 Å². The topological polar surface area (TPSA) is 32.0 Å². The molecule has 4 nitrogen and oxygen atoms in total. The summed E-state index contributed by atoms with van der Waals surface area (Å²) in [6.45, 7) is 0. The molecule has 0 N–H and O–H groups in total. The summed E-state index contributed by atoms with van der Waals surface area (Å²) in [7, 11) is 0. The molecule has 0 aliphatic carbocycles. The quantitative estimate of drug-likeness (QED) is 0.208. The highest BCUT2D eigenvalue weighted by atomic mass is 79.9. The zero-order valence-electron chi connectivity index (χ0n) is 21.3. The van der Waals surface area contributed by atoms with Gasteiger partial charge in [0.25, 0.3) is 0 Å². The van der Waals surface area contributed by atoms with Crippen molar-refractivity contribution in [3.63, 3.8) is 0 Å². The second kappa shape index (κ2) is 9.11. The summed E-state index contributed by atoms with van der Waals surface area (Å²) in [5.74, 6) is 2.41. The zero-order chi connectivity index (χ0) is 26.6. The lowest BCUT2D eigenvalue weighted by atomic mass is 10.1. The normalized spacial score (nSPS) is 11.6. The summed E-state index contributed by atoms with van der Waals surface area (Å²) >= 11 is 3.54. The van der Waals surface area contributed by atoms with Gasteiger partial charge in [0, 0.05) is 50.0 Å². The Morgan fingerprint density at radius 1 is 0.500 bits per heavy atom. The van der Waals surface area contributed by atoms with Crippen LogP contribution in [0.15, 0.2) is 138 Å². The van der Waals surface area contributed by atoms with Crippen molar-refractivity contribution < 1.29 is 4.74 Å². The molecule has 0 saturated carbocycles. The molecule has 0 fully saturated rings. The Morgan fingerprint density at radius 3 is 1.95 bits per heavy atom. The molecule has 8 rings (SSSR count). The minimum Gasteiger partial charge on any atom is -0.457 e. The van der Waals surface area contributed by atoms with Crippen LogP contribution in [0.3, 0.4) is 0 Å². The molecule has 0 spiro atoms. The van der Waals surface area contributed by atoms with Crippen molar-refractivity contribution in [2.75, 3.05) is 0 Å². The van der Waals surface area contributed by atoms with Crippen molar-refractivity contribution in [2.45, 2.75) is 0 Å². The number of pyridine rings is 1. The monoisotopic (exact) mass is 579 g/mol. The van der Waals surface area contributed by atoms with Crippen LogP contribution in [0.1, 0.15) is 0 Å². The fourth-order valence-electron chi connectivity index (χ4n) is 5.76. The van der Waals surface area contributed by atoms with E-state index in [1.165, 1.54) is 10.8 Å². The Morgan fingerprint density at radius 2 is 1.15 bits per heavy atom. The fraction of sp³-hybridized carbons (Fsp3) is 0. The summed E-state index contributed by atoms with van der Waals surface area (Å²) in [4.78, 5) is 5.03. The molecule has 0 radical (unpaired) electrons. The van der Waals surface area contributed by atoms with Crippen molar-refractivity contribution in [3.05, 3.63) is 138 Å². The molecular weight excluding hydrogens is 558 g/mol. The molecule has 40 heavy (non-hydrogen) atoms. The summed E-state index contributed by atoms with van der Waals surface area (Å²) in [6.07, 6.45) is 2.01. The predicted octanol–water partition coefficient (Wildman–Crippen LogP) is 9.83. The first kappa shape index (κ1) is 23.1. The number of hydrogen-bond donors (Lipinski definition) is 0. The van der Waals surface area contributed by atoms with Crippen LogP contribution < -0.4 is 4.74 Å². The number of halogens is 1. The number of fused-ring (bicyclic) bond motifs is 6. The highest BCUT2D eigenvalue weighted by molar-refractivity contribution is 9.10. The Hall–Kier alpha value is -4.87. The highest BCUT2D eigenvalue weighted by Crippen LogP contribution is 2.37. The summed E-state index contributed by atoms with van der Waals surface area (Å²) in [5, 5.41) is 4.65. The Bertz CT molecular complexity index is 2210. The second-order valence-corrected chi connectivity index (χ2v) is 10.8. The van der Waals surface area contributed by atoms with Crippen molar-refractivity contribution in [3.8, 4) is 23.0 Å². The number of para-hydroxylation sites is 3. The predicted molar refractivity (Wildman–Crippen MR) is 167 cm³/mol. The van der Waals surface area contributed by atoms with Gasteiger partial charge in [-0.05, 0) is 54.6 Å². The molecule has 0 aliphatic rings. The summed E-state index contributed by atoms with van der Waals surface area (Å²) in [6, 6.07) is 43.9. The lowest BCUT2D eigenvalue weighted by Gasteiger charge is -2.11. The van der Waals surface area contributed by atoms with Crippen LogP contribution in [0.25, 0.3) is 55.1 Å². The van der Waals surface area contributed by atoms with Gasteiger partial charge in [-0.15, -0.1) is 0 Å². The average molecular weight is 580 g/mol. The van der Waals surface area contributed by atoms with Crippen LogP contribution in [0, 0.1) is 0 Å². The smallest absolute Gasteiger partial charge is 0.139 e. The van der Waals surface area contributed by atoms with E-state index in [0.717, 1.165) is 60.3 Å². The molecule has 5 heteroatoms. The molecule has 5 aromatic carbocycles. The molecular formula is C35H22BrN3O. The molecule has 3 heterocycles. The fourth-order valence-corrected chi connectivity index (χ4v) is 6.14. The Kier molecular flexibility index (Phi) is 5.25. The SMILES string of the molecule is Brc1cccc(Oc2ccc3c4ccccc4n(-c4cc5c(cn4)c4ccccc4n5-c4ccccc4)c3c2)c1. The van der Waals surface area contributed by atoms with Crippen LogP contribution in [-0.2, 0) is 0 Å². The number of hydrogen-bond acceptors (Lipinski definition) is 2. The standard InChI is InChI=1S/C35H22BrN3O/c36-23-9-8-12-25(19-23)40-26-17-18-29-27-13-4-7-16-32(27)39(33(29)20-26)35-21-34-30(22-37-35)28-14-5-6-15-31(28)38(34)24-10-2-1-3-11-24/h1-22H. The Balaban J connectivity index is 1.39. The van der Waals surface area contributed by atoms with Gasteiger partial charge < -0.3 is 9.30 Å². The molecule has 0 saturated heterocycles. The molecule has 3 aromatic heterocycles. The summed E-state index contributed by atoms with van der Waals surface area (Å²) in [5.41, 5.74) is 5.55. The number of rotatable bonds is 4. The van der Waals surface area contributed by atoms with Crippen LogP contribution >= 0.6 is 15.9 Å². The minimum absolute atomic E-state index is 0.772. The van der Waals surface area contributed by atoms with E-state index >= 15 is 0 Å². The van der Waals surface area contributed by atoms with Gasteiger partial charge in [-0.3, -0.25) is 4.57 Å². The molecule has 0 amide bonds. The third-order valence-corrected chi connectivity index (χ3v) is 7.96. The van der Waals surface area contributed by atoms with Gasteiger partial charge in [-0.2, -0.15) is 0 Å². The largest absolute Gasteiger partial charge is 0.457 e. The third kappa shape index (κ3) is 3.63. The van der Waals surface area contributed by atoms with Gasteiger partial charge in [0.05, 0.1) is 22.1 Å². The van der Waals surface area contributed by atoms with E-state index in [2.05, 4.69) is 122 Å². The lowest BCUT2D eigenvalue weighted by molar-refractivity contribution is 0.483. The third-order valence-electron chi connectivity index (χ3n) is 7.46. The molecule has 0 aliphatic heterocycles. The maximum atomic E-state index is 6.27. The lowest BCUT2D eigenvalue weighted by Crippen LogP contribution is -1.99. The molecule has 0 atom stereocenters. The second-order valence-electron chi connectivity index (χ2n) is 9.84. The van der Waals surface area contributed by atoms with E-state index in [-0.39, 0.29) is 0 Å². The molecule has 0 bridgehead atoms. The first-order chi connectivity index (χ1) is 19.7. The van der Waals surface area contributed by atoms with Crippen molar-refractivity contribution in [1.82, 2.24) is 14.1 Å². The van der Waals surface area contributed by atoms with Crippen LogP contribution in [0.5, 0.6) is 11.5 Å². The number of aromatic nitrogens is 3. The van der Waals surface area contributed by atoms with Gasteiger partial charge >= 0.3 is 0 Å². The van der Waals surface area contributed by atoms with Crippen LogP contribution in [-0.4, -0.2) is 14.1 Å². The van der Waals surface area contributed by atoms with Crippen LogP contribution in [0.4, 0.5) is 0 Å². The van der Waals surface area contributed by atoms with Gasteiger partial charge in [-0.1, -0.05) is 76.6 Å². The molecule has 8 aromatic rings. The molecule has 0 unspecified atom stereocenters. The van der Waals surface area contributed by atoms with E-state index < -0.39 is 0 Å². The van der Waals surface area contributed by atoms with E-state index in [1.54, 1.807) is 0 Å². The first-order valence-corrected chi connectivity index (χ1v) is 14.0. The summed E-state index contributed by atoms with van der Waals surface area (Å²) < 4.78 is 11.8. The highest BCUT2D eigenvalue weighted by Gasteiger charge is 2.17. The first-order valence-electron chi connectivity index (χ1n) is 13.2. The number of nitrogens with zero attached hydrogens (tertiary/aromatic N) is 3. The van der Waals surface area contributed by atoms with Crippen molar-refractivity contribution >= 4 is 59.5 Å². The maximum absolute atomic E-state index is 6.27. The zero-order valence-corrected chi connectivity index (χ0v) is 22.9. The minimum atomic E-state index is 0.772. The number of benzene rings is 5. The van der Waals surface area contributed by atoms with E-state index in [1.807, 2.05) is 36.5 Å². The number of ether oxygens (including phenoxy) is 1.